The van der Waals surface area contributed by atoms with Crippen LogP contribution in [0.25, 0.3) is 0 Å². The summed E-state index contributed by atoms with van der Waals surface area (Å²) in [5, 5.41) is 4.18. The Kier molecular flexibility index (Phi) is 5.20. The van der Waals surface area contributed by atoms with Crippen LogP contribution in [0.15, 0.2) is 24.3 Å². The van der Waals surface area contributed by atoms with Gasteiger partial charge >= 0.3 is 0 Å². The second kappa shape index (κ2) is 7.12. The van der Waals surface area contributed by atoms with E-state index in [2.05, 4.69) is 21.8 Å². The van der Waals surface area contributed by atoms with Gasteiger partial charge in [0.2, 0.25) is 0 Å². The first-order valence-corrected chi connectivity index (χ1v) is 7.20. The Morgan fingerprint density at radius 2 is 2.15 bits per heavy atom. The van der Waals surface area contributed by atoms with Crippen molar-refractivity contribution in [1.29, 1.82) is 0 Å². The van der Waals surface area contributed by atoms with Gasteiger partial charge in [0.15, 0.2) is 16.6 Å². The van der Waals surface area contributed by atoms with E-state index in [0.29, 0.717) is 31.3 Å². The van der Waals surface area contributed by atoms with E-state index in [0.717, 1.165) is 10.6 Å². The summed E-state index contributed by atoms with van der Waals surface area (Å²) in [5.41, 5.74) is 8.11. The first-order valence-electron chi connectivity index (χ1n) is 6.43. The van der Waals surface area contributed by atoms with Crippen LogP contribution in [0.2, 0.25) is 0 Å². The lowest BCUT2D eigenvalue weighted by atomic mass is 10.1. The lowest BCUT2D eigenvalue weighted by Crippen LogP contribution is -2.02. The topological polar surface area (TPSA) is 69.4 Å². The second-order valence-electron chi connectivity index (χ2n) is 4.27. The molecule has 0 unspecified atom stereocenters. The van der Waals surface area contributed by atoms with Crippen LogP contribution < -0.4 is 15.8 Å². The maximum absolute atomic E-state index is 5.78. The molecule has 0 aliphatic heterocycles. The quantitative estimate of drug-likeness (QED) is 0.821. The van der Waals surface area contributed by atoms with Gasteiger partial charge in [-0.2, -0.15) is 4.37 Å². The van der Waals surface area contributed by atoms with E-state index in [4.69, 9.17) is 15.2 Å². The molecule has 0 atom stereocenters. The van der Waals surface area contributed by atoms with E-state index in [9.17, 15) is 0 Å². The first-order chi connectivity index (χ1) is 9.74. The van der Waals surface area contributed by atoms with E-state index < -0.39 is 0 Å². The number of methoxy groups -OCH3 is 1. The Morgan fingerprint density at radius 1 is 1.35 bits per heavy atom. The minimum Gasteiger partial charge on any atom is -0.487 e. The lowest BCUT2D eigenvalue weighted by Gasteiger charge is -2.08. The van der Waals surface area contributed by atoms with Crippen LogP contribution in [-0.2, 0) is 17.9 Å². The van der Waals surface area contributed by atoms with Crippen molar-refractivity contribution in [2.45, 2.75) is 20.1 Å². The molecule has 0 radical (unpaired) electrons. The average Bonchev–Trinajstić information content (AvgIpc) is 2.79. The molecule has 3 N–H and O–H groups in total. The maximum Gasteiger partial charge on any atom is 0.197 e. The molecule has 0 saturated heterocycles. The van der Waals surface area contributed by atoms with E-state index in [1.165, 1.54) is 17.1 Å². The standard InChI is InChI=1S/C14H19N3O2S/c1-3-19-12-13(15)17-20-14(12)16-8-10-5-4-6-11(7-10)9-18-2/h4-7,16H,3,8-9H2,1-2H3,(H2,15,17). The summed E-state index contributed by atoms with van der Waals surface area (Å²) in [5.74, 6) is 1.08. The normalized spacial score (nSPS) is 10.5. The number of benzene rings is 1. The Hall–Kier alpha value is -1.79. The van der Waals surface area contributed by atoms with Crippen LogP contribution in [0.1, 0.15) is 18.1 Å². The monoisotopic (exact) mass is 293 g/mol. The predicted molar refractivity (Wildman–Crippen MR) is 82.2 cm³/mol. The number of hydrogen-bond donors (Lipinski definition) is 2. The molecule has 1 aromatic carbocycles. The van der Waals surface area contributed by atoms with E-state index >= 15 is 0 Å². The van der Waals surface area contributed by atoms with Crippen LogP contribution in [0.4, 0.5) is 10.8 Å². The van der Waals surface area contributed by atoms with Crippen LogP contribution >= 0.6 is 11.5 Å². The zero-order chi connectivity index (χ0) is 14.4. The average molecular weight is 293 g/mol. The molecule has 1 aromatic heterocycles. The van der Waals surface area contributed by atoms with Gasteiger partial charge < -0.3 is 20.5 Å². The van der Waals surface area contributed by atoms with Crippen molar-refractivity contribution in [3.8, 4) is 5.75 Å². The number of hydrogen-bond acceptors (Lipinski definition) is 6. The van der Waals surface area contributed by atoms with Gasteiger partial charge in [0, 0.05) is 13.7 Å². The Balaban J connectivity index is 2.03. The van der Waals surface area contributed by atoms with E-state index in [-0.39, 0.29) is 0 Å². The van der Waals surface area contributed by atoms with Gasteiger partial charge in [-0.3, -0.25) is 0 Å². The summed E-state index contributed by atoms with van der Waals surface area (Å²) in [4.78, 5) is 0. The summed E-state index contributed by atoms with van der Waals surface area (Å²) in [6, 6.07) is 8.25. The number of nitrogens with one attached hydrogen (secondary N) is 1. The molecule has 108 valence electrons. The molecule has 0 spiro atoms. The van der Waals surface area contributed by atoms with Gasteiger partial charge in [0.05, 0.1) is 13.2 Å². The van der Waals surface area contributed by atoms with Crippen molar-refractivity contribution >= 4 is 22.4 Å². The molecule has 5 nitrogen and oxygen atoms in total. The minimum absolute atomic E-state index is 0.437. The number of anilines is 2. The number of aromatic nitrogens is 1. The van der Waals surface area contributed by atoms with Crippen LogP contribution in [0.3, 0.4) is 0 Å². The summed E-state index contributed by atoms with van der Waals surface area (Å²) >= 11 is 1.31. The third kappa shape index (κ3) is 3.61. The molecule has 20 heavy (non-hydrogen) atoms. The SMILES string of the molecule is CCOc1c(N)nsc1NCc1cccc(COC)c1. The van der Waals surface area contributed by atoms with Gasteiger partial charge in [-0.1, -0.05) is 24.3 Å². The zero-order valence-electron chi connectivity index (χ0n) is 11.7. The highest BCUT2D eigenvalue weighted by Gasteiger charge is 2.12. The van der Waals surface area contributed by atoms with Crippen molar-refractivity contribution < 1.29 is 9.47 Å². The van der Waals surface area contributed by atoms with Crippen molar-refractivity contribution in [1.82, 2.24) is 4.37 Å². The molecule has 2 aromatic rings. The summed E-state index contributed by atoms with van der Waals surface area (Å²) in [6.45, 7) is 3.81. The third-order valence-electron chi connectivity index (χ3n) is 2.72. The Bertz CT molecular complexity index is 557. The number of ether oxygens (including phenoxy) is 2. The first kappa shape index (κ1) is 14.6. The second-order valence-corrected chi connectivity index (χ2v) is 5.04. The van der Waals surface area contributed by atoms with Crippen LogP contribution in [0, 0.1) is 0 Å². The molecule has 2 rings (SSSR count). The van der Waals surface area contributed by atoms with Crippen molar-refractivity contribution in [3.63, 3.8) is 0 Å². The van der Waals surface area contributed by atoms with Crippen molar-refractivity contribution in [2.24, 2.45) is 0 Å². The number of nitrogens with zero attached hydrogens (tertiary/aromatic N) is 1. The molecule has 6 heteroatoms. The lowest BCUT2D eigenvalue weighted by molar-refractivity contribution is 0.185. The summed E-state index contributed by atoms with van der Waals surface area (Å²) in [6.07, 6.45) is 0. The van der Waals surface area contributed by atoms with Gasteiger partial charge in [0.1, 0.15) is 0 Å². The maximum atomic E-state index is 5.78. The molecule has 0 amide bonds. The fourth-order valence-corrected chi connectivity index (χ4v) is 2.52. The van der Waals surface area contributed by atoms with Gasteiger partial charge in [-0.15, -0.1) is 0 Å². The van der Waals surface area contributed by atoms with Gasteiger partial charge in [-0.05, 0) is 29.6 Å². The third-order valence-corrected chi connectivity index (χ3v) is 3.52. The fraction of sp³-hybridized carbons (Fsp3) is 0.357. The fourth-order valence-electron chi connectivity index (χ4n) is 1.87. The highest BCUT2D eigenvalue weighted by atomic mass is 32.1. The highest BCUT2D eigenvalue weighted by Crippen LogP contribution is 2.35. The number of nitrogens with two attached hydrogens (primary N) is 1. The largest absolute Gasteiger partial charge is 0.487 e. The van der Waals surface area contributed by atoms with Gasteiger partial charge in [0.25, 0.3) is 0 Å². The molecule has 0 aliphatic rings. The smallest absolute Gasteiger partial charge is 0.197 e. The zero-order valence-corrected chi connectivity index (χ0v) is 12.5. The van der Waals surface area contributed by atoms with Gasteiger partial charge in [-0.25, -0.2) is 0 Å². The molecule has 0 saturated carbocycles. The molecule has 0 bridgehead atoms. The molecular formula is C14H19N3O2S. The predicted octanol–water partition coefficient (Wildman–Crippen LogP) is 2.88. The number of nitrogen functional groups attached to an aromatic ring is 1. The summed E-state index contributed by atoms with van der Waals surface area (Å²) < 4.78 is 14.7. The highest BCUT2D eigenvalue weighted by molar-refractivity contribution is 7.11. The minimum atomic E-state index is 0.437. The molecule has 0 aliphatic carbocycles. The summed E-state index contributed by atoms with van der Waals surface area (Å²) in [7, 11) is 1.69. The van der Waals surface area contributed by atoms with Crippen molar-refractivity contribution in [3.05, 3.63) is 35.4 Å². The Labute approximate surface area is 122 Å². The van der Waals surface area contributed by atoms with E-state index in [1.807, 2.05) is 19.1 Å². The number of rotatable bonds is 7. The Morgan fingerprint density at radius 3 is 2.90 bits per heavy atom. The molecule has 0 fully saturated rings. The van der Waals surface area contributed by atoms with Crippen LogP contribution in [0.5, 0.6) is 5.75 Å². The van der Waals surface area contributed by atoms with Crippen molar-refractivity contribution in [2.75, 3.05) is 24.8 Å². The molecule has 1 heterocycles. The van der Waals surface area contributed by atoms with Crippen LogP contribution in [-0.4, -0.2) is 18.1 Å². The molecular weight excluding hydrogens is 274 g/mol. The van der Waals surface area contributed by atoms with E-state index in [1.54, 1.807) is 7.11 Å².